The maximum absolute atomic E-state index is 10.7. The number of pyridine rings is 2. The molecule has 0 radical (unpaired) electrons. The summed E-state index contributed by atoms with van der Waals surface area (Å²) in [6.07, 6.45) is 11.7. The van der Waals surface area contributed by atoms with E-state index in [0.717, 1.165) is 44.5 Å². The van der Waals surface area contributed by atoms with Crippen molar-refractivity contribution in [3.05, 3.63) is 143 Å². The predicted molar refractivity (Wildman–Crippen MR) is 196 cm³/mol. The van der Waals surface area contributed by atoms with Gasteiger partial charge in [0, 0.05) is 35.4 Å². The molecule has 0 aliphatic rings. The summed E-state index contributed by atoms with van der Waals surface area (Å²) in [6.45, 7) is 4.14. The summed E-state index contributed by atoms with van der Waals surface area (Å²) in [5.74, 6) is 0. The van der Waals surface area contributed by atoms with Gasteiger partial charge in [-0.2, -0.15) is 10.5 Å². The monoisotopic (exact) mass is 834 g/mol. The Hall–Kier alpha value is -5.56. The molecule has 3 aromatic carbocycles. The van der Waals surface area contributed by atoms with Crippen molar-refractivity contribution in [3.63, 3.8) is 0 Å². The van der Waals surface area contributed by atoms with Crippen molar-refractivity contribution < 1.29 is 59.5 Å². The van der Waals surface area contributed by atoms with Crippen LogP contribution < -0.4 is 9.13 Å². The van der Waals surface area contributed by atoms with Gasteiger partial charge in [0.05, 0.1) is 23.3 Å². The Bertz CT molecular complexity index is 2170. The molecule has 0 aliphatic heterocycles. The first kappa shape index (κ1) is 44.8. The number of aryl methyl sites for hydroxylation is 4. The van der Waals surface area contributed by atoms with Crippen molar-refractivity contribution in [2.45, 2.75) is 13.8 Å². The van der Waals surface area contributed by atoms with Gasteiger partial charge in [0.15, 0.2) is 24.8 Å². The van der Waals surface area contributed by atoms with E-state index < -0.39 is 15.6 Å². The first-order valence-electron chi connectivity index (χ1n) is 15.8. The molecule has 0 spiro atoms. The Morgan fingerprint density at radius 1 is 0.482 bits per heavy atom. The average molecular weight is 835 g/mol. The quantitative estimate of drug-likeness (QED) is 0.0740. The Morgan fingerprint density at radius 2 is 0.732 bits per heavy atom. The molecule has 5 aromatic rings. The van der Waals surface area contributed by atoms with Crippen molar-refractivity contribution in [1.82, 2.24) is 0 Å². The fourth-order valence-electron chi connectivity index (χ4n) is 4.87. The number of allylic oxidation sites excluding steroid dienone is 2. The van der Waals surface area contributed by atoms with Gasteiger partial charge in [-0.05, 0) is 71.5 Å². The molecule has 0 saturated heterocycles. The van der Waals surface area contributed by atoms with Crippen LogP contribution in [0.2, 0.25) is 0 Å². The Labute approximate surface area is 314 Å². The Morgan fingerprint density at radius 3 is 0.964 bits per heavy atom. The number of hydrogen-bond donors (Lipinski definition) is 0. The maximum atomic E-state index is 10.2. The number of halogens is 12. The number of aromatic nitrogens is 2. The molecular weight excluding hydrogens is 802 g/mol. The van der Waals surface area contributed by atoms with E-state index in [2.05, 4.69) is 86.6 Å². The molecule has 2 aromatic heterocycles. The zero-order chi connectivity index (χ0) is 42.5. The summed E-state index contributed by atoms with van der Waals surface area (Å²) >= 11 is 0. The van der Waals surface area contributed by atoms with E-state index in [1.54, 1.807) is 0 Å². The van der Waals surface area contributed by atoms with E-state index in [9.17, 15) is 60.9 Å². The first-order valence-corrected chi connectivity index (χ1v) is 19.9. The molecule has 0 amide bonds. The zero-order valence-electron chi connectivity index (χ0n) is 29.8. The van der Waals surface area contributed by atoms with Gasteiger partial charge in [-0.15, -0.1) is 0 Å². The third-order valence-electron chi connectivity index (χ3n) is 7.37. The molecule has 298 valence electrons. The van der Waals surface area contributed by atoms with Crippen LogP contribution in [0.4, 0.5) is 50.4 Å². The van der Waals surface area contributed by atoms with E-state index in [0.29, 0.717) is 11.1 Å². The molecule has 0 N–H and O–H groups in total. The SMILES string of the molecule is Cc1ccc(-c2cc(/C=C(\C#N)c3cc[n+](C)cc3)c(-c3ccc(C)cc3)cc2/C=C(\C#N)c2cc[n+](C)cc2)cc1.F[P-](F)(F)(F)(F)F.F[P-](F)(F)(F)(F)F. The minimum absolute atomic E-state index is 0.581. The van der Waals surface area contributed by atoms with Gasteiger partial charge in [-0.3, -0.25) is 0 Å². The summed E-state index contributed by atoms with van der Waals surface area (Å²) in [4.78, 5) is 0. The van der Waals surface area contributed by atoms with Crippen LogP contribution in [-0.2, 0) is 14.1 Å². The number of nitriles is 2. The van der Waals surface area contributed by atoms with Crippen molar-refractivity contribution >= 4 is 38.9 Å². The molecule has 0 bridgehead atoms. The Balaban J connectivity index is 0.000000512. The van der Waals surface area contributed by atoms with Crippen LogP contribution in [0, 0.1) is 36.5 Å². The molecule has 56 heavy (non-hydrogen) atoms. The molecule has 0 unspecified atom stereocenters. The molecule has 2 heterocycles. The van der Waals surface area contributed by atoms with Crippen molar-refractivity contribution in [3.8, 4) is 34.4 Å². The Kier molecular flexibility index (Phi) is 11.9. The summed E-state index contributed by atoms with van der Waals surface area (Å²) in [6, 6.07) is 33.8. The van der Waals surface area contributed by atoms with E-state index in [4.69, 9.17) is 0 Å². The molecule has 0 saturated carbocycles. The van der Waals surface area contributed by atoms with Gasteiger partial charge in [-0.25, -0.2) is 9.13 Å². The van der Waals surface area contributed by atoms with Gasteiger partial charge in [0.2, 0.25) is 0 Å². The summed E-state index contributed by atoms with van der Waals surface area (Å²) in [7, 11) is -17.4. The summed E-state index contributed by atoms with van der Waals surface area (Å²) in [5.41, 5.74) is 11.1. The average Bonchev–Trinajstić information content (AvgIpc) is 3.05. The second-order valence-corrected chi connectivity index (χ2v) is 16.4. The first-order chi connectivity index (χ1) is 25.2. The summed E-state index contributed by atoms with van der Waals surface area (Å²) < 4.78 is 122. The van der Waals surface area contributed by atoms with Crippen molar-refractivity contribution in [2.24, 2.45) is 14.1 Å². The molecule has 0 aliphatic carbocycles. The van der Waals surface area contributed by atoms with Crippen LogP contribution in [0.15, 0.2) is 110 Å². The summed E-state index contributed by atoms with van der Waals surface area (Å²) in [5, 5.41) is 20.4. The standard InChI is InChI=1S/C38H32N4.2F6P/c1-27-5-9-31(10-6-27)37-23-34(22-36(26-40)30-15-19-42(4)20-16-30)38(32-11-7-28(2)8-12-32)24-33(37)21-35(25-39)29-13-17-41(3)18-14-29;2*1-7(2,3,4,5)6/h5-24H,1-4H3;;/q+2;2*-1/b35-21+,36-22+;;. The van der Waals surface area contributed by atoms with E-state index >= 15 is 0 Å². The van der Waals surface area contributed by atoms with Crippen LogP contribution in [0.5, 0.6) is 0 Å². The molecule has 0 fully saturated rings. The molecule has 5 rings (SSSR count). The van der Waals surface area contributed by atoms with Crippen LogP contribution in [0.25, 0.3) is 45.6 Å². The second kappa shape index (κ2) is 14.8. The molecule has 0 atom stereocenters. The number of hydrogen-bond acceptors (Lipinski definition) is 2. The predicted octanol–water partition coefficient (Wildman–Crippen LogP) is 14.2. The topological polar surface area (TPSA) is 55.3 Å². The van der Waals surface area contributed by atoms with Crippen LogP contribution in [0.3, 0.4) is 0 Å². The van der Waals surface area contributed by atoms with Gasteiger partial charge in [-0.1, -0.05) is 59.7 Å². The van der Waals surface area contributed by atoms with E-state index in [-0.39, 0.29) is 0 Å². The van der Waals surface area contributed by atoms with Gasteiger partial charge < -0.3 is 0 Å². The van der Waals surface area contributed by atoms with Gasteiger partial charge >= 0.3 is 66.0 Å². The van der Waals surface area contributed by atoms with E-state index in [1.807, 2.05) is 84.4 Å². The van der Waals surface area contributed by atoms with Crippen molar-refractivity contribution in [2.75, 3.05) is 0 Å². The molecule has 4 nitrogen and oxygen atoms in total. The fourth-order valence-corrected chi connectivity index (χ4v) is 4.87. The van der Waals surface area contributed by atoms with Gasteiger partial charge in [0.1, 0.15) is 14.1 Å². The fraction of sp³-hybridized carbons (Fsp3) is 0.105. The zero-order valence-corrected chi connectivity index (χ0v) is 31.6. The van der Waals surface area contributed by atoms with Crippen LogP contribution >= 0.6 is 15.6 Å². The minimum atomic E-state index is -10.7. The van der Waals surface area contributed by atoms with Gasteiger partial charge in [0.25, 0.3) is 0 Å². The molecule has 18 heteroatoms. The van der Waals surface area contributed by atoms with E-state index in [1.165, 1.54) is 11.1 Å². The number of nitrogens with zero attached hydrogens (tertiary/aromatic N) is 4. The van der Waals surface area contributed by atoms with Crippen LogP contribution in [0.1, 0.15) is 33.4 Å². The second-order valence-electron chi connectivity index (χ2n) is 12.5. The third-order valence-corrected chi connectivity index (χ3v) is 7.37. The third kappa shape index (κ3) is 17.7. The van der Waals surface area contributed by atoms with Crippen LogP contribution in [-0.4, -0.2) is 0 Å². The van der Waals surface area contributed by atoms with Crippen molar-refractivity contribution in [1.29, 1.82) is 10.5 Å². The normalized spacial score (nSPS) is 14.5. The number of benzene rings is 3. The number of rotatable bonds is 6. The molecular formula is C38H32F12N4P2.